The molecule has 4 nitrogen and oxygen atoms in total. The zero-order chi connectivity index (χ0) is 17.9. The Hall–Kier alpha value is -1.60. The number of halogens is 1. The molecule has 0 saturated heterocycles. The van der Waals surface area contributed by atoms with E-state index in [1.54, 1.807) is 7.05 Å². The van der Waals surface area contributed by atoms with Crippen LogP contribution >= 0.6 is 24.0 Å². The first-order chi connectivity index (χ1) is 12.2. The minimum absolute atomic E-state index is 0. The molecule has 0 amide bonds. The standard InChI is InChI=1S/C21H29N3O.HI/c1-4-17(2)24-21(22-3)23-14-19-12-8-9-13-20(19)16-25-15-18-10-6-5-7-11-18;/h5-13,17H,4,14-16H2,1-3H3,(H2,22,23,24);1H. The summed E-state index contributed by atoms with van der Waals surface area (Å²) in [5.41, 5.74) is 3.61. The topological polar surface area (TPSA) is 45.7 Å². The molecule has 2 N–H and O–H groups in total. The SMILES string of the molecule is CCC(C)NC(=NC)NCc1ccccc1COCc1ccccc1.I. The summed E-state index contributed by atoms with van der Waals surface area (Å²) in [6.45, 7) is 6.26. The highest BCUT2D eigenvalue weighted by Crippen LogP contribution is 2.11. The van der Waals surface area contributed by atoms with Crippen molar-refractivity contribution in [1.82, 2.24) is 10.6 Å². The van der Waals surface area contributed by atoms with E-state index < -0.39 is 0 Å². The van der Waals surface area contributed by atoms with E-state index in [4.69, 9.17) is 4.74 Å². The van der Waals surface area contributed by atoms with Crippen molar-refractivity contribution < 1.29 is 4.74 Å². The summed E-state index contributed by atoms with van der Waals surface area (Å²) in [5, 5.41) is 6.76. The van der Waals surface area contributed by atoms with E-state index >= 15 is 0 Å². The number of aliphatic imine (C=N–C) groups is 1. The molecule has 0 heterocycles. The summed E-state index contributed by atoms with van der Waals surface area (Å²) in [6, 6.07) is 19.0. The Balaban J connectivity index is 0.00000338. The lowest BCUT2D eigenvalue weighted by Crippen LogP contribution is -2.41. The van der Waals surface area contributed by atoms with Crippen LogP contribution < -0.4 is 10.6 Å². The minimum atomic E-state index is 0. The van der Waals surface area contributed by atoms with Gasteiger partial charge in [0.1, 0.15) is 0 Å². The van der Waals surface area contributed by atoms with Crippen LogP contribution in [0, 0.1) is 0 Å². The summed E-state index contributed by atoms with van der Waals surface area (Å²) < 4.78 is 5.89. The summed E-state index contributed by atoms with van der Waals surface area (Å²) in [4.78, 5) is 4.29. The lowest BCUT2D eigenvalue weighted by atomic mass is 10.1. The maximum absolute atomic E-state index is 5.89. The summed E-state index contributed by atoms with van der Waals surface area (Å²) in [7, 11) is 1.80. The Labute approximate surface area is 174 Å². The van der Waals surface area contributed by atoms with Crippen molar-refractivity contribution >= 4 is 29.9 Å². The quantitative estimate of drug-likeness (QED) is 0.342. The van der Waals surface area contributed by atoms with E-state index in [2.05, 4.69) is 65.9 Å². The van der Waals surface area contributed by atoms with E-state index in [9.17, 15) is 0 Å². The third-order valence-corrected chi connectivity index (χ3v) is 4.15. The number of benzene rings is 2. The van der Waals surface area contributed by atoms with Gasteiger partial charge in [-0.3, -0.25) is 4.99 Å². The van der Waals surface area contributed by atoms with Gasteiger partial charge in [-0.15, -0.1) is 24.0 Å². The average Bonchev–Trinajstić information content (AvgIpc) is 2.66. The van der Waals surface area contributed by atoms with Gasteiger partial charge in [-0.2, -0.15) is 0 Å². The van der Waals surface area contributed by atoms with Gasteiger partial charge >= 0.3 is 0 Å². The third kappa shape index (κ3) is 7.74. The highest BCUT2D eigenvalue weighted by Gasteiger charge is 2.06. The number of guanidine groups is 1. The summed E-state index contributed by atoms with van der Waals surface area (Å²) in [6.07, 6.45) is 1.06. The Bertz CT molecular complexity index is 661. The molecule has 0 radical (unpaired) electrons. The maximum Gasteiger partial charge on any atom is 0.191 e. The zero-order valence-electron chi connectivity index (χ0n) is 15.9. The van der Waals surface area contributed by atoms with E-state index in [0.29, 0.717) is 19.3 Å². The molecule has 26 heavy (non-hydrogen) atoms. The van der Waals surface area contributed by atoms with Crippen molar-refractivity contribution in [2.24, 2.45) is 4.99 Å². The fourth-order valence-electron chi connectivity index (χ4n) is 2.43. The van der Waals surface area contributed by atoms with Crippen LogP contribution in [0.5, 0.6) is 0 Å². The smallest absolute Gasteiger partial charge is 0.191 e. The van der Waals surface area contributed by atoms with E-state index in [0.717, 1.165) is 18.9 Å². The second-order valence-electron chi connectivity index (χ2n) is 6.13. The van der Waals surface area contributed by atoms with Crippen LogP contribution in [0.15, 0.2) is 59.6 Å². The molecule has 5 heteroatoms. The predicted octanol–water partition coefficient (Wildman–Crippen LogP) is 4.48. The molecular weight excluding hydrogens is 437 g/mol. The molecule has 2 aromatic carbocycles. The first kappa shape index (κ1) is 22.4. The molecule has 1 unspecified atom stereocenters. The van der Waals surface area contributed by atoms with E-state index in [1.165, 1.54) is 16.7 Å². The van der Waals surface area contributed by atoms with Crippen LogP contribution in [-0.2, 0) is 24.5 Å². The van der Waals surface area contributed by atoms with Crippen LogP contribution in [0.1, 0.15) is 37.0 Å². The van der Waals surface area contributed by atoms with Crippen LogP contribution in [-0.4, -0.2) is 19.0 Å². The van der Waals surface area contributed by atoms with Crippen LogP contribution in [0.2, 0.25) is 0 Å². The number of rotatable bonds is 8. The van der Waals surface area contributed by atoms with Gasteiger partial charge in [0.15, 0.2) is 5.96 Å². The van der Waals surface area contributed by atoms with Gasteiger partial charge < -0.3 is 15.4 Å². The number of nitrogens with zero attached hydrogens (tertiary/aromatic N) is 1. The van der Waals surface area contributed by atoms with Gasteiger partial charge in [-0.1, -0.05) is 61.5 Å². The lowest BCUT2D eigenvalue weighted by molar-refractivity contribution is 0.106. The molecule has 0 aromatic heterocycles. The largest absolute Gasteiger partial charge is 0.372 e. The van der Waals surface area contributed by atoms with Crippen molar-refractivity contribution in [2.75, 3.05) is 7.05 Å². The fourth-order valence-corrected chi connectivity index (χ4v) is 2.43. The highest BCUT2D eigenvalue weighted by atomic mass is 127. The van der Waals surface area contributed by atoms with Gasteiger partial charge in [-0.25, -0.2) is 0 Å². The predicted molar refractivity (Wildman–Crippen MR) is 120 cm³/mol. The second-order valence-corrected chi connectivity index (χ2v) is 6.13. The first-order valence-corrected chi connectivity index (χ1v) is 8.88. The molecular formula is C21H30IN3O. The Morgan fingerprint density at radius 3 is 2.31 bits per heavy atom. The number of ether oxygens (including phenoxy) is 1. The highest BCUT2D eigenvalue weighted by molar-refractivity contribution is 14.0. The first-order valence-electron chi connectivity index (χ1n) is 8.88. The normalized spacial score (nSPS) is 12.2. The average molecular weight is 467 g/mol. The van der Waals surface area contributed by atoms with Crippen molar-refractivity contribution in [3.05, 3.63) is 71.3 Å². The molecule has 0 saturated carbocycles. The molecule has 0 spiro atoms. The van der Waals surface area contributed by atoms with Crippen LogP contribution in [0.3, 0.4) is 0 Å². The molecule has 0 aliphatic carbocycles. The van der Waals surface area contributed by atoms with Crippen molar-refractivity contribution in [2.45, 2.75) is 46.1 Å². The monoisotopic (exact) mass is 467 g/mol. The van der Waals surface area contributed by atoms with Gasteiger partial charge in [0.05, 0.1) is 13.2 Å². The number of nitrogens with one attached hydrogen (secondary N) is 2. The van der Waals surface area contributed by atoms with E-state index in [1.807, 2.05) is 18.2 Å². The molecule has 0 fully saturated rings. The molecule has 2 aromatic rings. The molecule has 2 rings (SSSR count). The third-order valence-electron chi connectivity index (χ3n) is 4.15. The molecule has 0 aliphatic rings. The molecule has 0 aliphatic heterocycles. The maximum atomic E-state index is 5.89. The molecule has 0 bridgehead atoms. The van der Waals surface area contributed by atoms with Crippen LogP contribution in [0.4, 0.5) is 0 Å². The molecule has 142 valence electrons. The number of hydrogen-bond acceptors (Lipinski definition) is 2. The van der Waals surface area contributed by atoms with Gasteiger partial charge in [0.25, 0.3) is 0 Å². The number of hydrogen-bond donors (Lipinski definition) is 2. The Morgan fingerprint density at radius 1 is 1.00 bits per heavy atom. The van der Waals surface area contributed by atoms with Crippen molar-refractivity contribution in [3.8, 4) is 0 Å². The van der Waals surface area contributed by atoms with Crippen molar-refractivity contribution in [1.29, 1.82) is 0 Å². The van der Waals surface area contributed by atoms with Gasteiger partial charge in [-0.05, 0) is 30.0 Å². The van der Waals surface area contributed by atoms with E-state index in [-0.39, 0.29) is 24.0 Å². The Kier molecular flexibility index (Phi) is 11.0. The zero-order valence-corrected chi connectivity index (χ0v) is 18.2. The van der Waals surface area contributed by atoms with Crippen LogP contribution in [0.25, 0.3) is 0 Å². The lowest BCUT2D eigenvalue weighted by Gasteiger charge is -2.17. The summed E-state index contributed by atoms with van der Waals surface area (Å²) >= 11 is 0. The summed E-state index contributed by atoms with van der Waals surface area (Å²) in [5.74, 6) is 0.828. The minimum Gasteiger partial charge on any atom is -0.372 e. The van der Waals surface area contributed by atoms with Gasteiger partial charge in [0, 0.05) is 19.6 Å². The van der Waals surface area contributed by atoms with Crippen molar-refractivity contribution in [3.63, 3.8) is 0 Å². The second kappa shape index (κ2) is 12.7. The molecule has 1 atom stereocenters. The Morgan fingerprint density at radius 2 is 1.65 bits per heavy atom. The fraction of sp³-hybridized carbons (Fsp3) is 0.381. The van der Waals surface area contributed by atoms with Gasteiger partial charge in [0.2, 0.25) is 0 Å².